The average Bonchev–Trinajstić information content (AvgIpc) is 2.56. The number of aryl methyl sites for hydroxylation is 2. The Balaban J connectivity index is 2.20. The lowest BCUT2D eigenvalue weighted by atomic mass is 10.2. The van der Waals surface area contributed by atoms with Gasteiger partial charge in [-0.1, -0.05) is 0 Å². The van der Waals surface area contributed by atoms with E-state index >= 15 is 0 Å². The maximum Gasteiger partial charge on any atom is 0.226 e. The van der Waals surface area contributed by atoms with Gasteiger partial charge in [0.05, 0.1) is 16.7 Å². The molecular formula is C11H14BrN5S. The molecule has 18 heavy (non-hydrogen) atoms. The van der Waals surface area contributed by atoms with Crippen molar-refractivity contribution in [3.05, 3.63) is 26.2 Å². The fourth-order valence-corrected chi connectivity index (χ4v) is 3.04. The van der Waals surface area contributed by atoms with Gasteiger partial charge in [-0.15, -0.1) is 11.3 Å². The molecule has 2 aromatic rings. The van der Waals surface area contributed by atoms with Crippen molar-refractivity contribution in [2.75, 3.05) is 11.1 Å². The lowest BCUT2D eigenvalue weighted by Gasteiger charge is -2.13. The highest BCUT2D eigenvalue weighted by Crippen LogP contribution is 2.27. The standard InChI is InChI=1S/C11H14BrN5S/c1-5-10(18-7(3)14-5)6(2)15-11-16-8(12)4-9(13)17-11/h4,6H,1-3H3,(H3,13,15,16,17). The molecule has 0 saturated heterocycles. The van der Waals surface area contributed by atoms with Crippen LogP contribution in [0.3, 0.4) is 0 Å². The molecule has 0 aliphatic heterocycles. The fraction of sp³-hybridized carbons (Fsp3) is 0.364. The smallest absolute Gasteiger partial charge is 0.226 e. The Morgan fingerprint density at radius 2 is 2.06 bits per heavy atom. The average molecular weight is 328 g/mol. The molecule has 0 radical (unpaired) electrons. The minimum atomic E-state index is 0.102. The Bertz CT molecular complexity index is 548. The Labute approximate surface area is 118 Å². The van der Waals surface area contributed by atoms with E-state index in [-0.39, 0.29) is 6.04 Å². The van der Waals surface area contributed by atoms with Crippen LogP contribution in [0.1, 0.15) is 28.5 Å². The van der Waals surface area contributed by atoms with Crippen molar-refractivity contribution in [2.45, 2.75) is 26.8 Å². The molecule has 1 atom stereocenters. The molecule has 0 aliphatic rings. The van der Waals surface area contributed by atoms with E-state index in [2.05, 4.69) is 43.1 Å². The second-order valence-electron chi connectivity index (χ2n) is 3.99. The highest BCUT2D eigenvalue weighted by atomic mass is 79.9. The molecule has 2 aromatic heterocycles. The molecule has 1 unspecified atom stereocenters. The number of aromatic nitrogens is 3. The number of halogens is 1. The summed E-state index contributed by atoms with van der Waals surface area (Å²) in [6.45, 7) is 6.06. The summed E-state index contributed by atoms with van der Waals surface area (Å²) in [4.78, 5) is 14.0. The lowest BCUT2D eigenvalue weighted by molar-refractivity contribution is 0.865. The molecule has 96 valence electrons. The zero-order valence-electron chi connectivity index (χ0n) is 10.4. The first kappa shape index (κ1) is 13.2. The Kier molecular flexibility index (Phi) is 3.82. The van der Waals surface area contributed by atoms with Gasteiger partial charge in [-0.25, -0.2) is 9.97 Å². The summed E-state index contributed by atoms with van der Waals surface area (Å²) in [5.74, 6) is 0.948. The van der Waals surface area contributed by atoms with Crippen LogP contribution in [-0.2, 0) is 0 Å². The summed E-state index contributed by atoms with van der Waals surface area (Å²) in [6, 6.07) is 1.77. The largest absolute Gasteiger partial charge is 0.383 e. The molecule has 0 aromatic carbocycles. The molecule has 2 heterocycles. The van der Waals surface area contributed by atoms with Gasteiger partial charge >= 0.3 is 0 Å². The van der Waals surface area contributed by atoms with Gasteiger partial charge in [-0.2, -0.15) is 4.98 Å². The van der Waals surface area contributed by atoms with Gasteiger partial charge in [0.1, 0.15) is 10.4 Å². The van der Waals surface area contributed by atoms with E-state index in [9.17, 15) is 0 Å². The van der Waals surface area contributed by atoms with Crippen LogP contribution in [0.15, 0.2) is 10.7 Å². The number of nitrogens with two attached hydrogens (primary N) is 1. The summed E-state index contributed by atoms with van der Waals surface area (Å²) in [5, 5.41) is 4.29. The van der Waals surface area contributed by atoms with Crippen molar-refractivity contribution in [1.82, 2.24) is 15.0 Å². The zero-order valence-corrected chi connectivity index (χ0v) is 12.8. The molecule has 0 fully saturated rings. The third-order valence-corrected chi connectivity index (χ3v) is 4.05. The van der Waals surface area contributed by atoms with Crippen LogP contribution in [0, 0.1) is 13.8 Å². The van der Waals surface area contributed by atoms with Crippen LogP contribution in [0.4, 0.5) is 11.8 Å². The van der Waals surface area contributed by atoms with Crippen LogP contribution in [0.5, 0.6) is 0 Å². The first-order valence-corrected chi connectivity index (χ1v) is 7.07. The summed E-state index contributed by atoms with van der Waals surface area (Å²) < 4.78 is 0.668. The summed E-state index contributed by atoms with van der Waals surface area (Å²) in [6.07, 6.45) is 0. The van der Waals surface area contributed by atoms with Crippen LogP contribution in [-0.4, -0.2) is 15.0 Å². The Morgan fingerprint density at radius 1 is 1.33 bits per heavy atom. The van der Waals surface area contributed by atoms with E-state index in [0.29, 0.717) is 16.4 Å². The van der Waals surface area contributed by atoms with Crippen LogP contribution in [0.2, 0.25) is 0 Å². The van der Waals surface area contributed by atoms with Crippen molar-refractivity contribution in [3.8, 4) is 0 Å². The Hall–Kier alpha value is -1.21. The molecule has 7 heteroatoms. The molecule has 0 amide bonds. The molecule has 3 N–H and O–H groups in total. The number of hydrogen-bond donors (Lipinski definition) is 2. The van der Waals surface area contributed by atoms with Gasteiger partial charge in [0.15, 0.2) is 0 Å². The number of thiazole rings is 1. The Morgan fingerprint density at radius 3 is 2.61 bits per heavy atom. The number of anilines is 2. The molecule has 2 rings (SSSR count). The van der Waals surface area contributed by atoms with Gasteiger partial charge < -0.3 is 11.1 Å². The van der Waals surface area contributed by atoms with Crippen molar-refractivity contribution in [2.24, 2.45) is 0 Å². The van der Waals surface area contributed by atoms with Crippen LogP contribution in [0.25, 0.3) is 0 Å². The number of hydrogen-bond acceptors (Lipinski definition) is 6. The first-order valence-electron chi connectivity index (χ1n) is 5.46. The number of nitrogens with zero attached hydrogens (tertiary/aromatic N) is 3. The summed E-state index contributed by atoms with van der Waals surface area (Å²) >= 11 is 4.97. The fourth-order valence-electron chi connectivity index (χ4n) is 1.71. The second kappa shape index (κ2) is 5.19. The van der Waals surface area contributed by atoms with Crippen LogP contribution >= 0.6 is 27.3 Å². The van der Waals surface area contributed by atoms with E-state index in [1.165, 1.54) is 4.88 Å². The number of nitrogen functional groups attached to an aromatic ring is 1. The lowest BCUT2D eigenvalue weighted by Crippen LogP contribution is -2.10. The quantitative estimate of drug-likeness (QED) is 0.847. The van der Waals surface area contributed by atoms with E-state index in [4.69, 9.17) is 5.73 Å². The van der Waals surface area contributed by atoms with Gasteiger partial charge in [-0.3, -0.25) is 0 Å². The van der Waals surface area contributed by atoms with E-state index in [1.54, 1.807) is 17.4 Å². The molecule has 0 aliphatic carbocycles. The molecule has 0 spiro atoms. The normalized spacial score (nSPS) is 12.4. The minimum absolute atomic E-state index is 0.102. The molecule has 0 saturated carbocycles. The third-order valence-electron chi connectivity index (χ3n) is 2.39. The molecule has 5 nitrogen and oxygen atoms in total. The summed E-state index contributed by atoms with van der Waals surface area (Å²) in [5.41, 5.74) is 6.72. The highest BCUT2D eigenvalue weighted by molar-refractivity contribution is 9.10. The third kappa shape index (κ3) is 2.97. The highest BCUT2D eigenvalue weighted by Gasteiger charge is 2.14. The number of nitrogens with one attached hydrogen (secondary N) is 1. The van der Waals surface area contributed by atoms with Crippen molar-refractivity contribution in [1.29, 1.82) is 0 Å². The van der Waals surface area contributed by atoms with E-state index in [1.807, 2.05) is 13.8 Å². The predicted molar refractivity (Wildman–Crippen MR) is 77.8 cm³/mol. The van der Waals surface area contributed by atoms with E-state index in [0.717, 1.165) is 10.7 Å². The van der Waals surface area contributed by atoms with Gasteiger partial charge in [0, 0.05) is 10.9 Å². The predicted octanol–water partition coefficient (Wildman–Crippen LogP) is 3.07. The maximum atomic E-state index is 5.68. The first-order chi connectivity index (χ1) is 8.45. The molecular weight excluding hydrogens is 314 g/mol. The summed E-state index contributed by atoms with van der Waals surface area (Å²) in [7, 11) is 0. The van der Waals surface area contributed by atoms with Gasteiger partial charge in [0.2, 0.25) is 5.95 Å². The zero-order chi connectivity index (χ0) is 13.3. The molecule has 0 bridgehead atoms. The maximum absolute atomic E-state index is 5.68. The van der Waals surface area contributed by atoms with Crippen molar-refractivity contribution >= 4 is 39.0 Å². The van der Waals surface area contributed by atoms with Crippen LogP contribution < -0.4 is 11.1 Å². The second-order valence-corrected chi connectivity index (χ2v) is 6.03. The van der Waals surface area contributed by atoms with Crippen molar-refractivity contribution in [3.63, 3.8) is 0 Å². The van der Waals surface area contributed by atoms with Gasteiger partial charge in [0.25, 0.3) is 0 Å². The SMILES string of the molecule is Cc1nc(C)c(C(C)Nc2nc(N)cc(Br)n2)s1. The minimum Gasteiger partial charge on any atom is -0.383 e. The number of rotatable bonds is 3. The van der Waals surface area contributed by atoms with E-state index < -0.39 is 0 Å². The van der Waals surface area contributed by atoms with Gasteiger partial charge in [-0.05, 0) is 36.7 Å². The monoisotopic (exact) mass is 327 g/mol. The van der Waals surface area contributed by atoms with Crippen molar-refractivity contribution < 1.29 is 0 Å². The topological polar surface area (TPSA) is 76.7 Å².